The predicted octanol–water partition coefficient (Wildman–Crippen LogP) is 3.20. The minimum Gasteiger partial charge on any atom is -0.481 e. The lowest BCUT2D eigenvalue weighted by Crippen LogP contribution is -2.16. The number of rotatable bonds is 5. The summed E-state index contributed by atoms with van der Waals surface area (Å²) < 4.78 is 0. The van der Waals surface area contributed by atoms with Gasteiger partial charge in [-0.15, -0.1) is 6.58 Å². The van der Waals surface area contributed by atoms with Crippen molar-refractivity contribution >= 4 is 5.97 Å². The van der Waals surface area contributed by atoms with Crippen LogP contribution in [0.4, 0.5) is 0 Å². The Morgan fingerprint density at radius 2 is 1.94 bits per heavy atom. The molecule has 0 amide bonds. The number of allylic oxidation sites excluding steroid dienone is 1. The maximum atomic E-state index is 11.1. The fourth-order valence-electron chi connectivity index (χ4n) is 1.68. The van der Waals surface area contributed by atoms with Crippen LogP contribution in [0.15, 0.2) is 36.4 Å². The van der Waals surface area contributed by atoms with Crippen LogP contribution < -0.4 is 0 Å². The fourth-order valence-corrected chi connectivity index (χ4v) is 1.68. The van der Waals surface area contributed by atoms with Crippen LogP contribution >= 0.6 is 0 Å². The van der Waals surface area contributed by atoms with Crippen LogP contribution in [-0.4, -0.2) is 11.1 Å². The van der Waals surface area contributed by atoms with Crippen molar-refractivity contribution in [1.82, 2.24) is 0 Å². The molecule has 0 aliphatic carbocycles. The van der Waals surface area contributed by atoms with Crippen LogP contribution in [0.1, 0.15) is 24.5 Å². The van der Waals surface area contributed by atoms with Crippen LogP contribution in [0.3, 0.4) is 0 Å². The molecule has 1 rings (SSSR count). The van der Waals surface area contributed by atoms with Crippen LogP contribution in [0.2, 0.25) is 0 Å². The molecule has 0 aliphatic rings. The second-order valence-corrected chi connectivity index (χ2v) is 4.39. The molecule has 2 nitrogen and oxygen atoms in total. The maximum absolute atomic E-state index is 11.1. The van der Waals surface area contributed by atoms with Gasteiger partial charge < -0.3 is 5.11 Å². The Labute approximate surface area is 96.6 Å². The van der Waals surface area contributed by atoms with Crippen LogP contribution in [-0.2, 0) is 11.2 Å². The smallest absolute Gasteiger partial charge is 0.307 e. The molecular formula is C14H18O2. The highest BCUT2D eigenvalue weighted by Gasteiger charge is 2.17. The van der Waals surface area contributed by atoms with Gasteiger partial charge in [0.1, 0.15) is 0 Å². The molecule has 1 atom stereocenters. The van der Waals surface area contributed by atoms with E-state index in [-0.39, 0.29) is 5.92 Å². The molecule has 1 unspecified atom stereocenters. The number of hydrogen-bond donors (Lipinski definition) is 1. The first kappa shape index (κ1) is 12.5. The van der Waals surface area contributed by atoms with Gasteiger partial charge in [0.15, 0.2) is 0 Å². The van der Waals surface area contributed by atoms with Crippen LogP contribution in [0.5, 0.6) is 0 Å². The van der Waals surface area contributed by atoms with Crippen molar-refractivity contribution in [1.29, 1.82) is 0 Å². The summed E-state index contributed by atoms with van der Waals surface area (Å²) in [5, 5.41) is 9.10. The van der Waals surface area contributed by atoms with Gasteiger partial charge in [-0.05, 0) is 32.3 Å². The topological polar surface area (TPSA) is 37.3 Å². The van der Waals surface area contributed by atoms with E-state index < -0.39 is 5.97 Å². The second-order valence-electron chi connectivity index (χ2n) is 4.39. The number of hydrogen-bond acceptors (Lipinski definition) is 1. The Kier molecular flexibility index (Phi) is 4.29. The van der Waals surface area contributed by atoms with Gasteiger partial charge in [0.05, 0.1) is 5.92 Å². The van der Waals surface area contributed by atoms with E-state index in [1.807, 2.05) is 38.1 Å². The van der Waals surface area contributed by atoms with Gasteiger partial charge in [0, 0.05) is 0 Å². The lowest BCUT2D eigenvalue weighted by atomic mass is 9.93. The Bertz CT molecular complexity index is 376. The van der Waals surface area contributed by atoms with Gasteiger partial charge >= 0.3 is 5.97 Å². The summed E-state index contributed by atoms with van der Waals surface area (Å²) in [6.07, 6.45) is 1.12. The van der Waals surface area contributed by atoms with Gasteiger partial charge in [0.2, 0.25) is 0 Å². The number of benzene rings is 1. The average molecular weight is 218 g/mol. The third-order valence-corrected chi connectivity index (χ3v) is 2.55. The standard InChI is InChI=1S/C14H18O2/c1-10(2)8-13(14(15)16)9-12-6-4-11(3)5-7-12/h4-7,13H,1,8-9H2,2-3H3,(H,15,16). The second kappa shape index (κ2) is 5.50. The highest BCUT2D eigenvalue weighted by molar-refractivity contribution is 5.70. The van der Waals surface area contributed by atoms with E-state index in [0.717, 1.165) is 11.1 Å². The number of carboxylic acid groups (broad SMARTS) is 1. The Balaban J connectivity index is 2.71. The molecule has 0 spiro atoms. The SMILES string of the molecule is C=C(C)CC(Cc1ccc(C)cc1)C(=O)O. The monoisotopic (exact) mass is 218 g/mol. The average Bonchev–Trinajstić information content (AvgIpc) is 2.19. The largest absolute Gasteiger partial charge is 0.481 e. The highest BCUT2D eigenvalue weighted by Crippen LogP contribution is 2.17. The molecule has 0 radical (unpaired) electrons. The van der Waals surface area contributed by atoms with E-state index in [1.165, 1.54) is 5.56 Å². The zero-order valence-electron chi connectivity index (χ0n) is 9.86. The van der Waals surface area contributed by atoms with Crippen molar-refractivity contribution in [2.24, 2.45) is 5.92 Å². The first-order valence-electron chi connectivity index (χ1n) is 5.41. The summed E-state index contributed by atoms with van der Waals surface area (Å²) in [6, 6.07) is 8.00. The molecule has 86 valence electrons. The van der Waals surface area contributed by atoms with E-state index in [4.69, 9.17) is 5.11 Å². The van der Waals surface area contributed by atoms with Crippen molar-refractivity contribution < 1.29 is 9.90 Å². The zero-order valence-corrected chi connectivity index (χ0v) is 9.86. The molecular weight excluding hydrogens is 200 g/mol. The third-order valence-electron chi connectivity index (χ3n) is 2.55. The Hall–Kier alpha value is -1.57. The van der Waals surface area contributed by atoms with E-state index >= 15 is 0 Å². The van der Waals surface area contributed by atoms with Gasteiger partial charge in [-0.25, -0.2) is 0 Å². The van der Waals surface area contributed by atoms with Crippen molar-refractivity contribution in [3.8, 4) is 0 Å². The molecule has 0 heterocycles. The van der Waals surface area contributed by atoms with Crippen LogP contribution in [0.25, 0.3) is 0 Å². The molecule has 0 bridgehead atoms. The molecule has 0 aromatic heterocycles. The summed E-state index contributed by atoms with van der Waals surface area (Å²) in [6.45, 7) is 7.66. The van der Waals surface area contributed by atoms with Crippen molar-refractivity contribution in [3.63, 3.8) is 0 Å². The van der Waals surface area contributed by atoms with Crippen molar-refractivity contribution in [2.45, 2.75) is 26.7 Å². The predicted molar refractivity (Wildman–Crippen MR) is 65.4 cm³/mol. The van der Waals surface area contributed by atoms with E-state index in [1.54, 1.807) is 0 Å². The molecule has 1 aromatic carbocycles. The first-order valence-corrected chi connectivity index (χ1v) is 5.41. The lowest BCUT2D eigenvalue weighted by molar-refractivity contribution is -0.141. The summed E-state index contributed by atoms with van der Waals surface area (Å²) in [7, 11) is 0. The zero-order chi connectivity index (χ0) is 12.1. The lowest BCUT2D eigenvalue weighted by Gasteiger charge is -2.12. The number of carbonyl (C=O) groups is 1. The number of aryl methyl sites for hydroxylation is 1. The molecule has 0 saturated carbocycles. The summed E-state index contributed by atoms with van der Waals surface area (Å²) in [5.74, 6) is -1.11. The summed E-state index contributed by atoms with van der Waals surface area (Å²) in [5.41, 5.74) is 3.18. The molecule has 1 aromatic rings. The summed E-state index contributed by atoms with van der Waals surface area (Å²) >= 11 is 0. The first-order chi connectivity index (χ1) is 7.49. The molecule has 1 N–H and O–H groups in total. The maximum Gasteiger partial charge on any atom is 0.307 e. The Morgan fingerprint density at radius 1 is 1.38 bits per heavy atom. The molecule has 0 fully saturated rings. The molecule has 16 heavy (non-hydrogen) atoms. The van der Waals surface area contributed by atoms with Gasteiger partial charge in [0.25, 0.3) is 0 Å². The van der Waals surface area contributed by atoms with E-state index in [2.05, 4.69) is 6.58 Å². The molecule has 0 saturated heterocycles. The highest BCUT2D eigenvalue weighted by atomic mass is 16.4. The van der Waals surface area contributed by atoms with Gasteiger partial charge in [-0.1, -0.05) is 35.4 Å². The molecule has 2 heteroatoms. The quantitative estimate of drug-likeness (QED) is 0.770. The van der Waals surface area contributed by atoms with Crippen molar-refractivity contribution in [2.75, 3.05) is 0 Å². The van der Waals surface area contributed by atoms with Gasteiger partial charge in [-0.3, -0.25) is 4.79 Å². The summed E-state index contributed by atoms with van der Waals surface area (Å²) in [4.78, 5) is 11.1. The Morgan fingerprint density at radius 3 is 2.38 bits per heavy atom. The van der Waals surface area contributed by atoms with Crippen molar-refractivity contribution in [3.05, 3.63) is 47.5 Å². The van der Waals surface area contributed by atoms with E-state index in [0.29, 0.717) is 12.8 Å². The number of aliphatic carboxylic acids is 1. The fraction of sp³-hybridized carbons (Fsp3) is 0.357. The minimum absolute atomic E-state index is 0.361. The van der Waals surface area contributed by atoms with Crippen LogP contribution in [0, 0.1) is 12.8 Å². The van der Waals surface area contributed by atoms with Gasteiger partial charge in [-0.2, -0.15) is 0 Å². The molecule has 0 aliphatic heterocycles. The number of carboxylic acids is 1. The normalized spacial score (nSPS) is 12.1. The minimum atomic E-state index is -0.747. The third kappa shape index (κ3) is 3.89. The van der Waals surface area contributed by atoms with E-state index in [9.17, 15) is 4.79 Å².